The van der Waals surface area contributed by atoms with E-state index < -0.39 is 28.5 Å². The summed E-state index contributed by atoms with van der Waals surface area (Å²) in [5, 5.41) is 3.28. The molecule has 0 saturated heterocycles. The Kier molecular flexibility index (Phi) is 11.0. The van der Waals surface area contributed by atoms with Gasteiger partial charge in [-0.15, -0.1) is 0 Å². The standard InChI is InChI=1S/C30H36ClN3O6S/c1-21(2)18-32-30(36)22(3)33(19-23-10-6-7-11-26(23)31)29(35)20-34(27-12-8-9-13-28(27)40-5)41(37,38)25-16-14-24(39-4)15-17-25/h6-17,21-22H,18-20H2,1-5H3,(H,32,36). The minimum Gasteiger partial charge on any atom is -0.497 e. The average molecular weight is 602 g/mol. The van der Waals surface area contributed by atoms with Crippen molar-refractivity contribution in [1.29, 1.82) is 0 Å². The molecule has 0 aliphatic rings. The third kappa shape index (κ3) is 7.92. The van der Waals surface area contributed by atoms with Crippen molar-refractivity contribution in [2.75, 3.05) is 31.6 Å². The third-order valence-corrected chi connectivity index (χ3v) is 8.57. The van der Waals surface area contributed by atoms with Crippen LogP contribution < -0.4 is 19.1 Å². The van der Waals surface area contributed by atoms with Crippen molar-refractivity contribution in [2.45, 2.75) is 38.3 Å². The Bertz CT molecular complexity index is 1450. The lowest BCUT2D eigenvalue weighted by Gasteiger charge is -2.32. The molecule has 2 amide bonds. The first-order chi connectivity index (χ1) is 19.5. The largest absolute Gasteiger partial charge is 0.497 e. The Morgan fingerprint density at radius 3 is 2.15 bits per heavy atom. The summed E-state index contributed by atoms with van der Waals surface area (Å²) in [4.78, 5) is 28.4. The lowest BCUT2D eigenvalue weighted by atomic mass is 10.1. The predicted octanol–water partition coefficient (Wildman–Crippen LogP) is 4.74. The molecular formula is C30H36ClN3O6S. The zero-order valence-electron chi connectivity index (χ0n) is 23.8. The number of carbonyl (C=O) groups is 2. The number of amides is 2. The highest BCUT2D eigenvalue weighted by molar-refractivity contribution is 7.92. The second-order valence-electron chi connectivity index (χ2n) is 9.79. The van der Waals surface area contributed by atoms with E-state index in [-0.39, 0.29) is 34.7 Å². The molecule has 9 nitrogen and oxygen atoms in total. The van der Waals surface area contributed by atoms with Crippen LogP contribution in [0.5, 0.6) is 11.5 Å². The molecule has 11 heteroatoms. The van der Waals surface area contributed by atoms with Gasteiger partial charge in [0.2, 0.25) is 11.8 Å². The summed E-state index contributed by atoms with van der Waals surface area (Å²) in [6.45, 7) is 5.37. The fraction of sp³-hybridized carbons (Fsp3) is 0.333. The summed E-state index contributed by atoms with van der Waals surface area (Å²) in [7, 11) is -1.36. The highest BCUT2D eigenvalue weighted by atomic mass is 35.5. The summed E-state index contributed by atoms with van der Waals surface area (Å²) >= 11 is 6.41. The van der Waals surface area contributed by atoms with Crippen LogP contribution in [0.25, 0.3) is 0 Å². The maximum Gasteiger partial charge on any atom is 0.264 e. The van der Waals surface area contributed by atoms with E-state index in [1.165, 1.54) is 43.4 Å². The van der Waals surface area contributed by atoms with E-state index in [0.717, 1.165) is 4.31 Å². The number of methoxy groups -OCH3 is 2. The van der Waals surface area contributed by atoms with Crippen LogP contribution >= 0.6 is 11.6 Å². The van der Waals surface area contributed by atoms with Crippen LogP contribution in [0.1, 0.15) is 26.3 Å². The normalized spacial score (nSPS) is 12.0. The predicted molar refractivity (Wildman–Crippen MR) is 160 cm³/mol. The number of nitrogens with one attached hydrogen (secondary N) is 1. The average Bonchev–Trinajstić information content (AvgIpc) is 2.97. The first-order valence-corrected chi connectivity index (χ1v) is 14.9. The minimum atomic E-state index is -4.27. The molecule has 0 radical (unpaired) electrons. The molecule has 3 rings (SSSR count). The Labute approximate surface area is 247 Å². The van der Waals surface area contributed by atoms with Crippen molar-refractivity contribution in [3.63, 3.8) is 0 Å². The van der Waals surface area contributed by atoms with E-state index >= 15 is 0 Å². The van der Waals surface area contributed by atoms with Crippen molar-refractivity contribution in [2.24, 2.45) is 5.92 Å². The molecule has 1 N–H and O–H groups in total. The monoisotopic (exact) mass is 601 g/mol. The summed E-state index contributed by atoms with van der Waals surface area (Å²) in [5.74, 6) is -0.00982. The molecule has 1 atom stereocenters. The number of rotatable bonds is 13. The van der Waals surface area contributed by atoms with Gasteiger partial charge in [0.15, 0.2) is 0 Å². The highest BCUT2D eigenvalue weighted by Gasteiger charge is 2.34. The van der Waals surface area contributed by atoms with Gasteiger partial charge in [-0.25, -0.2) is 8.42 Å². The molecule has 0 aromatic heterocycles. The van der Waals surface area contributed by atoms with E-state index in [9.17, 15) is 18.0 Å². The third-order valence-electron chi connectivity index (χ3n) is 6.43. The first kappa shape index (κ1) is 31.8. The molecule has 3 aromatic rings. The number of halogens is 1. The quantitative estimate of drug-likeness (QED) is 0.303. The fourth-order valence-electron chi connectivity index (χ4n) is 4.07. The minimum absolute atomic E-state index is 0.00286. The van der Waals surface area contributed by atoms with Gasteiger partial charge < -0.3 is 19.7 Å². The molecule has 0 aliphatic carbocycles. The summed E-state index contributed by atoms with van der Waals surface area (Å²) in [6, 6.07) is 18.5. The topological polar surface area (TPSA) is 105 Å². The number of nitrogens with zero attached hydrogens (tertiary/aromatic N) is 2. The fourth-order valence-corrected chi connectivity index (χ4v) is 5.69. The van der Waals surface area contributed by atoms with Crippen LogP contribution in [0.4, 0.5) is 5.69 Å². The molecule has 0 heterocycles. The molecule has 0 bridgehead atoms. The Morgan fingerprint density at radius 2 is 1.54 bits per heavy atom. The number of para-hydroxylation sites is 2. The van der Waals surface area contributed by atoms with Crippen molar-refractivity contribution in [1.82, 2.24) is 10.2 Å². The van der Waals surface area contributed by atoms with E-state index in [1.807, 2.05) is 13.8 Å². The molecule has 0 spiro atoms. The zero-order chi connectivity index (χ0) is 30.2. The van der Waals surface area contributed by atoms with Gasteiger partial charge in [0.05, 0.1) is 24.8 Å². The molecule has 1 unspecified atom stereocenters. The lowest BCUT2D eigenvalue weighted by molar-refractivity contribution is -0.139. The number of carbonyl (C=O) groups excluding carboxylic acids is 2. The molecule has 3 aromatic carbocycles. The molecule has 220 valence electrons. The smallest absolute Gasteiger partial charge is 0.264 e. The number of benzene rings is 3. The number of anilines is 1. The van der Waals surface area contributed by atoms with Crippen LogP contribution in [-0.4, -0.2) is 58.5 Å². The molecule has 0 aliphatic heterocycles. The van der Waals surface area contributed by atoms with Crippen LogP contribution in [0.3, 0.4) is 0 Å². The zero-order valence-corrected chi connectivity index (χ0v) is 25.4. The van der Waals surface area contributed by atoms with Crippen LogP contribution in [0.15, 0.2) is 77.7 Å². The maximum atomic E-state index is 14.0. The lowest BCUT2D eigenvalue weighted by Crippen LogP contribution is -2.51. The van der Waals surface area contributed by atoms with Crippen LogP contribution in [0.2, 0.25) is 5.02 Å². The number of hydrogen-bond acceptors (Lipinski definition) is 6. The van der Waals surface area contributed by atoms with E-state index in [0.29, 0.717) is 22.9 Å². The van der Waals surface area contributed by atoms with Gasteiger partial charge in [-0.3, -0.25) is 13.9 Å². The van der Waals surface area contributed by atoms with Gasteiger partial charge in [0.1, 0.15) is 24.1 Å². The van der Waals surface area contributed by atoms with Crippen LogP contribution in [0, 0.1) is 5.92 Å². The van der Waals surface area contributed by atoms with Gasteiger partial charge in [-0.1, -0.05) is 55.8 Å². The van der Waals surface area contributed by atoms with Gasteiger partial charge in [0.25, 0.3) is 10.0 Å². The van der Waals surface area contributed by atoms with Crippen molar-refractivity contribution in [3.8, 4) is 11.5 Å². The van der Waals surface area contributed by atoms with Crippen molar-refractivity contribution < 1.29 is 27.5 Å². The van der Waals surface area contributed by atoms with Gasteiger partial charge >= 0.3 is 0 Å². The molecular weight excluding hydrogens is 566 g/mol. The maximum absolute atomic E-state index is 14.0. The summed E-state index contributed by atoms with van der Waals surface area (Å²) in [5.41, 5.74) is 0.793. The van der Waals surface area contributed by atoms with E-state index in [2.05, 4.69) is 5.32 Å². The van der Waals surface area contributed by atoms with Crippen LogP contribution in [-0.2, 0) is 26.2 Å². The Balaban J connectivity index is 2.06. The van der Waals surface area contributed by atoms with Crippen molar-refractivity contribution >= 4 is 39.1 Å². The van der Waals surface area contributed by atoms with E-state index in [1.54, 1.807) is 55.5 Å². The summed E-state index contributed by atoms with van der Waals surface area (Å²) in [6.07, 6.45) is 0. The SMILES string of the molecule is COc1ccc(S(=O)(=O)N(CC(=O)N(Cc2ccccc2Cl)C(C)C(=O)NCC(C)C)c2ccccc2OC)cc1. The molecule has 41 heavy (non-hydrogen) atoms. The molecule has 0 saturated carbocycles. The van der Waals surface area contributed by atoms with Gasteiger partial charge in [-0.2, -0.15) is 0 Å². The van der Waals surface area contributed by atoms with Crippen molar-refractivity contribution in [3.05, 3.63) is 83.4 Å². The number of ether oxygens (including phenoxy) is 2. The Morgan fingerprint density at radius 1 is 0.902 bits per heavy atom. The highest BCUT2D eigenvalue weighted by Crippen LogP contribution is 2.33. The summed E-state index contributed by atoms with van der Waals surface area (Å²) < 4.78 is 39.6. The van der Waals surface area contributed by atoms with Gasteiger partial charge in [-0.05, 0) is 60.9 Å². The van der Waals surface area contributed by atoms with E-state index in [4.69, 9.17) is 21.1 Å². The van der Waals surface area contributed by atoms with Gasteiger partial charge in [0, 0.05) is 18.1 Å². The first-order valence-electron chi connectivity index (χ1n) is 13.1. The second-order valence-corrected chi connectivity index (χ2v) is 12.1. The number of sulfonamides is 1. The second kappa shape index (κ2) is 14.2. The molecule has 0 fully saturated rings. The number of hydrogen-bond donors (Lipinski definition) is 1. The Hall–Kier alpha value is -3.76.